The third-order valence-electron chi connectivity index (χ3n) is 9.76. The largest absolute Gasteiger partial charge is 0.357 e. The summed E-state index contributed by atoms with van der Waals surface area (Å²) in [6, 6.07) is 18.0. The first-order valence-electron chi connectivity index (χ1n) is 17.1. The van der Waals surface area contributed by atoms with Gasteiger partial charge in [0.25, 0.3) is 0 Å². The van der Waals surface area contributed by atoms with E-state index in [1.807, 2.05) is 6.92 Å². The van der Waals surface area contributed by atoms with Crippen molar-refractivity contribution in [3.05, 3.63) is 100 Å². The second-order valence-electron chi connectivity index (χ2n) is 13.1. The molecule has 0 bridgehead atoms. The van der Waals surface area contributed by atoms with Crippen molar-refractivity contribution in [2.24, 2.45) is 5.92 Å². The van der Waals surface area contributed by atoms with Gasteiger partial charge in [-0.1, -0.05) is 113 Å². The summed E-state index contributed by atoms with van der Waals surface area (Å²) < 4.78 is 0. The molecule has 1 aliphatic carbocycles. The lowest BCUT2D eigenvalue weighted by Gasteiger charge is -2.23. The monoisotopic (exact) mass is 580 g/mol. The summed E-state index contributed by atoms with van der Waals surface area (Å²) in [7, 11) is 0. The van der Waals surface area contributed by atoms with Gasteiger partial charge in [-0.2, -0.15) is 0 Å². The maximum Gasteiger partial charge on any atom is 0.166 e. The quantitative estimate of drug-likeness (QED) is 0.122. The van der Waals surface area contributed by atoms with E-state index >= 15 is 0 Å². The Labute approximate surface area is 262 Å². The molecule has 0 amide bonds. The molecule has 4 rings (SSSR count). The zero-order chi connectivity index (χ0) is 30.6. The van der Waals surface area contributed by atoms with Crippen LogP contribution in [0.2, 0.25) is 0 Å². The normalized spacial score (nSPS) is 17.7. The Bertz CT molecular complexity index is 1240. The molecule has 232 valence electrons. The lowest BCUT2D eigenvalue weighted by atomic mass is 9.83. The number of nitrogens with zero attached hydrogens (tertiary/aromatic N) is 1. The second kappa shape index (κ2) is 16.8. The number of benzene rings is 2. The molecule has 1 heterocycles. The van der Waals surface area contributed by atoms with Crippen LogP contribution in [-0.2, 0) is 11.2 Å². The van der Waals surface area contributed by atoms with E-state index in [1.165, 1.54) is 68.2 Å². The fourth-order valence-corrected chi connectivity index (χ4v) is 6.57. The summed E-state index contributed by atoms with van der Waals surface area (Å²) in [5.74, 6) is 1.43. The fourth-order valence-electron chi connectivity index (χ4n) is 6.57. The number of nitrogens with one attached hydrogen (secondary N) is 1. The van der Waals surface area contributed by atoms with E-state index in [0.717, 1.165) is 49.7 Å². The second-order valence-corrected chi connectivity index (χ2v) is 13.1. The molecule has 3 nitrogen and oxygen atoms in total. The van der Waals surface area contributed by atoms with Crippen LogP contribution in [-0.4, -0.2) is 25.5 Å². The Morgan fingerprint density at radius 1 is 0.953 bits per heavy atom. The van der Waals surface area contributed by atoms with Gasteiger partial charge in [-0.05, 0) is 97.6 Å². The van der Waals surface area contributed by atoms with Gasteiger partial charge in [0.05, 0.1) is 6.67 Å². The third-order valence-corrected chi connectivity index (χ3v) is 9.76. The molecular formula is C40H56N2O. The average Bonchev–Trinajstić information content (AvgIpc) is 3.54. The minimum absolute atomic E-state index is 0.131. The van der Waals surface area contributed by atoms with Crippen LogP contribution in [0.1, 0.15) is 121 Å². The number of Topliss-reactive ketones (excluding diaryl/α,β-unsaturated/α-hetero) is 1. The first-order chi connectivity index (χ1) is 20.9. The Morgan fingerprint density at radius 2 is 1.67 bits per heavy atom. The van der Waals surface area contributed by atoms with Gasteiger partial charge in [-0.15, -0.1) is 0 Å². The van der Waals surface area contributed by atoms with E-state index in [4.69, 9.17) is 0 Å². The van der Waals surface area contributed by atoms with Gasteiger partial charge < -0.3 is 4.90 Å². The topological polar surface area (TPSA) is 32.3 Å². The summed E-state index contributed by atoms with van der Waals surface area (Å²) in [6.07, 6.45) is 18.2. The van der Waals surface area contributed by atoms with Crippen LogP contribution >= 0.6 is 0 Å². The number of carbonyl (C=O) groups excluding carboxylic acids is 1. The SMILES string of the molecule is CCCC(C)Cc1ccc(C(C)CCC(C/C=C\C=C(/CC)C(=O)C(C)c2ccc(N3CCNC3)cc2)=C2CCC2)cc1. The molecule has 1 saturated heterocycles. The molecule has 1 N–H and O–H groups in total. The van der Waals surface area contributed by atoms with Gasteiger partial charge in [-0.3, -0.25) is 10.1 Å². The highest BCUT2D eigenvalue weighted by molar-refractivity contribution is 6.00. The Hall–Kier alpha value is -2.91. The van der Waals surface area contributed by atoms with Crippen molar-refractivity contribution in [3.63, 3.8) is 0 Å². The zero-order valence-corrected chi connectivity index (χ0v) is 27.6. The molecule has 1 saturated carbocycles. The Balaban J connectivity index is 1.30. The highest BCUT2D eigenvalue weighted by Gasteiger charge is 2.19. The van der Waals surface area contributed by atoms with Crippen LogP contribution < -0.4 is 10.2 Å². The van der Waals surface area contributed by atoms with E-state index in [1.54, 1.807) is 11.1 Å². The number of carbonyl (C=O) groups is 1. The van der Waals surface area contributed by atoms with Crippen molar-refractivity contribution in [3.8, 4) is 0 Å². The molecule has 43 heavy (non-hydrogen) atoms. The molecule has 2 fully saturated rings. The van der Waals surface area contributed by atoms with Crippen molar-refractivity contribution in [1.29, 1.82) is 0 Å². The van der Waals surface area contributed by atoms with Crippen LogP contribution in [0.4, 0.5) is 5.69 Å². The summed E-state index contributed by atoms with van der Waals surface area (Å²) in [5, 5.41) is 3.38. The lowest BCUT2D eigenvalue weighted by molar-refractivity contribution is -0.116. The predicted molar refractivity (Wildman–Crippen MR) is 185 cm³/mol. The van der Waals surface area contributed by atoms with Crippen LogP contribution in [0.25, 0.3) is 0 Å². The molecule has 3 atom stereocenters. The van der Waals surface area contributed by atoms with Crippen LogP contribution in [0.3, 0.4) is 0 Å². The molecule has 3 heteroatoms. The van der Waals surface area contributed by atoms with Gasteiger partial charge in [0, 0.05) is 24.7 Å². The number of ketones is 1. The molecule has 2 aromatic carbocycles. The van der Waals surface area contributed by atoms with E-state index in [0.29, 0.717) is 5.92 Å². The van der Waals surface area contributed by atoms with Gasteiger partial charge in [-0.25, -0.2) is 0 Å². The van der Waals surface area contributed by atoms with Crippen molar-refractivity contribution in [2.75, 3.05) is 24.7 Å². The maximum atomic E-state index is 13.4. The molecule has 3 unspecified atom stereocenters. The smallest absolute Gasteiger partial charge is 0.166 e. The summed E-state index contributed by atoms with van der Waals surface area (Å²) in [4.78, 5) is 15.7. The number of allylic oxidation sites excluding steroid dienone is 6. The number of anilines is 1. The molecule has 0 radical (unpaired) electrons. The zero-order valence-electron chi connectivity index (χ0n) is 27.6. The van der Waals surface area contributed by atoms with E-state index in [9.17, 15) is 4.79 Å². The van der Waals surface area contributed by atoms with Crippen LogP contribution in [0.5, 0.6) is 0 Å². The first kappa shape index (κ1) is 33.0. The predicted octanol–water partition coefficient (Wildman–Crippen LogP) is 10.1. The van der Waals surface area contributed by atoms with Crippen molar-refractivity contribution < 1.29 is 4.79 Å². The third kappa shape index (κ3) is 9.54. The molecule has 2 aromatic rings. The fraction of sp³-hybridized carbons (Fsp3) is 0.525. The van der Waals surface area contributed by atoms with Gasteiger partial charge in [0.15, 0.2) is 5.78 Å². The van der Waals surface area contributed by atoms with Crippen molar-refractivity contribution in [2.45, 2.75) is 111 Å². The molecule has 0 aromatic heterocycles. The minimum atomic E-state index is -0.131. The summed E-state index contributed by atoms with van der Waals surface area (Å²) >= 11 is 0. The van der Waals surface area contributed by atoms with Crippen LogP contribution in [0, 0.1) is 5.92 Å². The average molecular weight is 581 g/mol. The van der Waals surface area contributed by atoms with E-state index in [2.05, 4.69) is 105 Å². The molecule has 2 aliphatic rings. The first-order valence-corrected chi connectivity index (χ1v) is 17.1. The van der Waals surface area contributed by atoms with Gasteiger partial charge in [0.1, 0.15) is 0 Å². The summed E-state index contributed by atoms with van der Waals surface area (Å²) in [5.41, 5.74) is 9.46. The van der Waals surface area contributed by atoms with E-state index in [-0.39, 0.29) is 11.7 Å². The van der Waals surface area contributed by atoms with Gasteiger partial charge in [0.2, 0.25) is 0 Å². The minimum Gasteiger partial charge on any atom is -0.357 e. The van der Waals surface area contributed by atoms with Crippen LogP contribution in [0.15, 0.2) is 83.5 Å². The Morgan fingerprint density at radius 3 is 2.28 bits per heavy atom. The molecule has 1 aliphatic heterocycles. The van der Waals surface area contributed by atoms with E-state index < -0.39 is 0 Å². The highest BCUT2D eigenvalue weighted by Crippen LogP contribution is 2.34. The van der Waals surface area contributed by atoms with Gasteiger partial charge >= 0.3 is 0 Å². The number of hydrogen-bond donors (Lipinski definition) is 1. The number of rotatable bonds is 16. The lowest BCUT2D eigenvalue weighted by Crippen LogP contribution is -2.21. The van der Waals surface area contributed by atoms with Crippen molar-refractivity contribution in [1.82, 2.24) is 5.32 Å². The Kier molecular flexibility index (Phi) is 12.9. The molecular weight excluding hydrogens is 524 g/mol. The maximum absolute atomic E-state index is 13.4. The number of hydrogen-bond acceptors (Lipinski definition) is 3. The summed E-state index contributed by atoms with van der Waals surface area (Å²) in [6.45, 7) is 14.1. The highest BCUT2D eigenvalue weighted by atomic mass is 16.1. The van der Waals surface area contributed by atoms with Crippen molar-refractivity contribution >= 4 is 11.5 Å². The standard InChI is InChI=1S/C40H56N2O/c1-6-11-30(3)28-33-17-20-35(21-18-33)31(4)16-19-38(37-14-10-15-37)13-9-8-12-34(7-2)40(43)32(5)36-22-24-39(25-23-36)42-27-26-41-29-42/h8-9,12,17-18,20-25,30-32,41H,6-7,10-11,13-16,19,26-29H2,1-5H3/b9-8-,34-12+. The molecule has 0 spiro atoms.